The minimum absolute atomic E-state index is 0.0976. The molecule has 76 valence electrons. The maximum atomic E-state index is 13.0. The number of anilines is 1. The van der Waals surface area contributed by atoms with Gasteiger partial charge in [-0.25, -0.2) is 4.39 Å². The van der Waals surface area contributed by atoms with Gasteiger partial charge in [0.1, 0.15) is 5.82 Å². The fraction of sp³-hybridized carbons (Fsp3) is 0.273. The summed E-state index contributed by atoms with van der Waals surface area (Å²) < 4.78 is 13.0. The Bertz CT molecular complexity index is 347. The maximum Gasteiger partial charge on any atom is 0.125 e. The highest BCUT2D eigenvalue weighted by molar-refractivity contribution is 5.62. The van der Waals surface area contributed by atoms with Gasteiger partial charge in [0.25, 0.3) is 0 Å². The molecule has 1 aromatic rings. The van der Waals surface area contributed by atoms with Gasteiger partial charge in [-0.3, -0.25) is 0 Å². The quantitative estimate of drug-likeness (QED) is 0.725. The van der Waals surface area contributed by atoms with Gasteiger partial charge in [0.05, 0.1) is 0 Å². The molecule has 0 aliphatic carbocycles. The lowest BCUT2D eigenvalue weighted by Crippen LogP contribution is -1.93. The number of aliphatic hydroxyl groups excluding tert-OH is 1. The second-order valence-electron chi connectivity index (χ2n) is 3.12. The maximum absolute atomic E-state index is 13.0. The zero-order chi connectivity index (χ0) is 10.6. The SMILES string of the molecule is Cc1c(N)cc(F)cc1C=CCCO. The van der Waals surface area contributed by atoms with E-state index >= 15 is 0 Å². The molecular weight excluding hydrogens is 181 g/mol. The molecule has 14 heavy (non-hydrogen) atoms. The van der Waals surface area contributed by atoms with E-state index in [4.69, 9.17) is 10.8 Å². The molecule has 0 atom stereocenters. The predicted octanol–water partition coefficient (Wildman–Crippen LogP) is 2.11. The van der Waals surface area contributed by atoms with Crippen LogP contribution in [-0.4, -0.2) is 11.7 Å². The van der Waals surface area contributed by atoms with E-state index in [1.807, 2.05) is 6.92 Å². The molecule has 1 aromatic carbocycles. The Morgan fingerprint density at radius 3 is 2.86 bits per heavy atom. The first-order chi connectivity index (χ1) is 6.65. The van der Waals surface area contributed by atoms with Crippen LogP contribution in [0.1, 0.15) is 17.5 Å². The van der Waals surface area contributed by atoms with Gasteiger partial charge in [-0.15, -0.1) is 0 Å². The number of nitrogens with two attached hydrogens (primary N) is 1. The molecule has 0 heterocycles. The Morgan fingerprint density at radius 1 is 1.50 bits per heavy atom. The molecule has 0 aliphatic rings. The van der Waals surface area contributed by atoms with E-state index < -0.39 is 0 Å². The Hall–Kier alpha value is -1.35. The van der Waals surface area contributed by atoms with Gasteiger partial charge in [0.2, 0.25) is 0 Å². The highest BCUT2D eigenvalue weighted by Crippen LogP contribution is 2.19. The minimum Gasteiger partial charge on any atom is -0.398 e. The van der Waals surface area contributed by atoms with Gasteiger partial charge in [-0.2, -0.15) is 0 Å². The zero-order valence-corrected chi connectivity index (χ0v) is 8.13. The number of rotatable bonds is 3. The molecular formula is C11H14FNO. The molecule has 1 rings (SSSR count). The van der Waals surface area contributed by atoms with Crippen LogP contribution in [0.2, 0.25) is 0 Å². The van der Waals surface area contributed by atoms with Gasteiger partial charge >= 0.3 is 0 Å². The van der Waals surface area contributed by atoms with Crippen LogP contribution < -0.4 is 5.73 Å². The molecule has 0 saturated carbocycles. The number of hydrogen-bond donors (Lipinski definition) is 2. The Morgan fingerprint density at radius 2 is 2.21 bits per heavy atom. The second kappa shape index (κ2) is 4.77. The van der Waals surface area contributed by atoms with Gasteiger partial charge < -0.3 is 10.8 Å². The van der Waals surface area contributed by atoms with Crippen molar-refractivity contribution in [2.45, 2.75) is 13.3 Å². The third-order valence-electron chi connectivity index (χ3n) is 2.05. The molecule has 0 unspecified atom stereocenters. The summed E-state index contributed by atoms with van der Waals surface area (Å²) in [6.07, 6.45) is 4.13. The van der Waals surface area contributed by atoms with Crippen LogP contribution >= 0.6 is 0 Å². The van der Waals surface area contributed by atoms with E-state index in [-0.39, 0.29) is 12.4 Å². The molecule has 0 aliphatic heterocycles. The minimum atomic E-state index is -0.336. The van der Waals surface area contributed by atoms with Crippen LogP contribution in [0.25, 0.3) is 6.08 Å². The smallest absolute Gasteiger partial charge is 0.125 e. The monoisotopic (exact) mass is 195 g/mol. The summed E-state index contributed by atoms with van der Waals surface area (Å²) in [5.74, 6) is -0.336. The highest BCUT2D eigenvalue weighted by atomic mass is 19.1. The first-order valence-electron chi connectivity index (χ1n) is 4.48. The number of aliphatic hydroxyl groups is 1. The lowest BCUT2D eigenvalue weighted by atomic mass is 10.1. The predicted molar refractivity (Wildman–Crippen MR) is 56.3 cm³/mol. The van der Waals surface area contributed by atoms with Gasteiger partial charge in [0.15, 0.2) is 0 Å². The van der Waals surface area contributed by atoms with Crippen molar-refractivity contribution in [1.29, 1.82) is 0 Å². The van der Waals surface area contributed by atoms with Gasteiger partial charge in [0, 0.05) is 12.3 Å². The van der Waals surface area contributed by atoms with Crippen molar-refractivity contribution >= 4 is 11.8 Å². The van der Waals surface area contributed by atoms with E-state index in [0.717, 1.165) is 11.1 Å². The molecule has 0 amide bonds. The van der Waals surface area contributed by atoms with Crippen molar-refractivity contribution in [3.8, 4) is 0 Å². The molecule has 2 nitrogen and oxygen atoms in total. The van der Waals surface area contributed by atoms with Crippen molar-refractivity contribution in [2.75, 3.05) is 12.3 Å². The van der Waals surface area contributed by atoms with Crippen molar-refractivity contribution in [3.63, 3.8) is 0 Å². The summed E-state index contributed by atoms with van der Waals surface area (Å²) in [7, 11) is 0. The Balaban J connectivity index is 2.96. The van der Waals surface area contributed by atoms with E-state index in [9.17, 15) is 4.39 Å². The third kappa shape index (κ3) is 2.57. The van der Waals surface area contributed by atoms with Crippen LogP contribution in [0, 0.1) is 12.7 Å². The van der Waals surface area contributed by atoms with Crippen LogP contribution in [0.3, 0.4) is 0 Å². The topological polar surface area (TPSA) is 46.2 Å². The number of benzene rings is 1. The molecule has 0 radical (unpaired) electrons. The first kappa shape index (κ1) is 10.7. The second-order valence-corrected chi connectivity index (χ2v) is 3.12. The van der Waals surface area contributed by atoms with Crippen molar-refractivity contribution < 1.29 is 9.50 Å². The van der Waals surface area contributed by atoms with Gasteiger partial charge in [-0.05, 0) is 36.6 Å². The van der Waals surface area contributed by atoms with Crippen molar-refractivity contribution in [2.24, 2.45) is 0 Å². The average molecular weight is 195 g/mol. The summed E-state index contributed by atoms with van der Waals surface area (Å²) in [5, 5.41) is 8.57. The van der Waals surface area contributed by atoms with Crippen LogP contribution in [0.15, 0.2) is 18.2 Å². The van der Waals surface area contributed by atoms with E-state index in [2.05, 4.69) is 0 Å². The molecule has 0 saturated heterocycles. The highest BCUT2D eigenvalue weighted by Gasteiger charge is 2.01. The molecule has 0 fully saturated rings. The first-order valence-corrected chi connectivity index (χ1v) is 4.48. The normalized spacial score (nSPS) is 11.1. The number of hydrogen-bond acceptors (Lipinski definition) is 2. The van der Waals surface area contributed by atoms with Crippen LogP contribution in [0.4, 0.5) is 10.1 Å². The van der Waals surface area contributed by atoms with E-state index in [0.29, 0.717) is 12.1 Å². The Labute approximate surface area is 82.9 Å². The Kier molecular flexibility index (Phi) is 3.65. The zero-order valence-electron chi connectivity index (χ0n) is 8.13. The largest absolute Gasteiger partial charge is 0.398 e. The standard InChI is InChI=1S/C11H14FNO/c1-8-9(4-2-3-5-14)6-10(12)7-11(8)13/h2,4,6-7,14H,3,5,13H2,1H3. The van der Waals surface area contributed by atoms with Crippen molar-refractivity contribution in [3.05, 3.63) is 35.2 Å². The number of halogens is 1. The molecule has 0 spiro atoms. The molecule has 0 bridgehead atoms. The molecule has 3 N–H and O–H groups in total. The lowest BCUT2D eigenvalue weighted by molar-refractivity contribution is 0.303. The van der Waals surface area contributed by atoms with E-state index in [1.54, 1.807) is 12.2 Å². The van der Waals surface area contributed by atoms with Crippen LogP contribution in [-0.2, 0) is 0 Å². The fourth-order valence-corrected chi connectivity index (χ4v) is 1.18. The summed E-state index contributed by atoms with van der Waals surface area (Å²) in [5.41, 5.74) is 7.68. The lowest BCUT2D eigenvalue weighted by Gasteiger charge is -2.04. The number of nitrogen functional groups attached to an aromatic ring is 1. The fourth-order valence-electron chi connectivity index (χ4n) is 1.18. The molecule has 0 aromatic heterocycles. The van der Waals surface area contributed by atoms with E-state index in [1.165, 1.54) is 12.1 Å². The summed E-state index contributed by atoms with van der Waals surface area (Å²) in [6, 6.07) is 2.73. The van der Waals surface area contributed by atoms with Crippen molar-refractivity contribution in [1.82, 2.24) is 0 Å². The van der Waals surface area contributed by atoms with Gasteiger partial charge in [-0.1, -0.05) is 12.2 Å². The van der Waals surface area contributed by atoms with Crippen LogP contribution in [0.5, 0.6) is 0 Å². The average Bonchev–Trinajstić information content (AvgIpc) is 2.13. The summed E-state index contributed by atoms with van der Waals surface area (Å²) in [4.78, 5) is 0. The summed E-state index contributed by atoms with van der Waals surface area (Å²) >= 11 is 0. The molecule has 3 heteroatoms. The third-order valence-corrected chi connectivity index (χ3v) is 2.05. The summed E-state index contributed by atoms with van der Waals surface area (Å²) in [6.45, 7) is 1.94.